The highest BCUT2D eigenvalue weighted by Crippen LogP contribution is 2.17. The van der Waals surface area contributed by atoms with Gasteiger partial charge in [-0.2, -0.15) is 9.97 Å². The Balaban J connectivity index is 2.17. The van der Waals surface area contributed by atoms with E-state index in [9.17, 15) is 0 Å². The van der Waals surface area contributed by atoms with E-state index in [0.29, 0.717) is 4.59 Å². The predicted octanol–water partition coefficient (Wildman–Crippen LogP) is 1.62. The van der Waals surface area contributed by atoms with Crippen molar-refractivity contribution in [1.82, 2.24) is 14.6 Å². The third-order valence-electron chi connectivity index (χ3n) is 2.97. The maximum absolute atomic E-state index is 4.41. The summed E-state index contributed by atoms with van der Waals surface area (Å²) in [5.41, 5.74) is 0. The Kier molecular flexibility index (Phi) is 2.70. The molecule has 18 heavy (non-hydrogen) atoms. The van der Waals surface area contributed by atoms with Crippen molar-refractivity contribution in [2.24, 2.45) is 0 Å². The SMILES string of the molecule is C1=CC[N+](c2ncccn2)([n+]2ccccc2)C=C1. The minimum absolute atomic E-state index is 0.457. The van der Waals surface area contributed by atoms with E-state index in [2.05, 4.69) is 26.9 Å². The lowest BCUT2D eigenvalue weighted by atomic mass is 10.3. The quantitative estimate of drug-likeness (QED) is 0.588. The summed E-state index contributed by atoms with van der Waals surface area (Å²) in [4.78, 5) is 8.81. The molecule has 3 rings (SSSR count). The summed E-state index contributed by atoms with van der Waals surface area (Å²) in [5, 5.41) is 0. The van der Waals surface area contributed by atoms with Crippen molar-refractivity contribution in [2.45, 2.75) is 0 Å². The van der Waals surface area contributed by atoms with Gasteiger partial charge in [0.2, 0.25) is 12.4 Å². The van der Waals surface area contributed by atoms with Gasteiger partial charge in [0.15, 0.2) is 12.7 Å². The Morgan fingerprint density at radius 1 is 0.944 bits per heavy atom. The first-order chi connectivity index (χ1) is 8.92. The fourth-order valence-corrected chi connectivity index (χ4v) is 2.09. The molecule has 0 fully saturated rings. The summed E-state index contributed by atoms with van der Waals surface area (Å²) in [6.07, 6.45) is 15.9. The van der Waals surface area contributed by atoms with Gasteiger partial charge >= 0.3 is 5.95 Å². The molecular formula is C14H14N4+2. The van der Waals surface area contributed by atoms with Gasteiger partial charge in [-0.3, -0.25) is 0 Å². The van der Waals surface area contributed by atoms with Crippen molar-refractivity contribution in [3.63, 3.8) is 0 Å². The number of rotatable bonds is 2. The van der Waals surface area contributed by atoms with Crippen LogP contribution in [0.5, 0.6) is 0 Å². The molecule has 1 aliphatic rings. The molecule has 88 valence electrons. The predicted molar refractivity (Wildman–Crippen MR) is 69.0 cm³/mol. The highest BCUT2D eigenvalue weighted by Gasteiger charge is 2.41. The van der Waals surface area contributed by atoms with Gasteiger partial charge < -0.3 is 0 Å². The van der Waals surface area contributed by atoms with Crippen LogP contribution < -0.4 is 9.27 Å². The van der Waals surface area contributed by atoms with Crippen molar-refractivity contribution in [1.29, 1.82) is 0 Å². The topological polar surface area (TPSA) is 29.7 Å². The second-order valence-corrected chi connectivity index (χ2v) is 4.08. The van der Waals surface area contributed by atoms with Crippen LogP contribution in [0, 0.1) is 0 Å². The maximum atomic E-state index is 4.41. The molecule has 0 N–H and O–H groups in total. The lowest BCUT2D eigenvalue weighted by Crippen LogP contribution is -2.69. The normalized spacial score (nSPS) is 22.0. The Morgan fingerprint density at radius 2 is 1.72 bits per heavy atom. The van der Waals surface area contributed by atoms with E-state index in [1.54, 1.807) is 12.4 Å². The van der Waals surface area contributed by atoms with Crippen LogP contribution in [0.25, 0.3) is 0 Å². The van der Waals surface area contributed by atoms with E-state index in [-0.39, 0.29) is 0 Å². The zero-order chi connectivity index (χ0) is 12.3. The largest absolute Gasteiger partial charge is 0.392 e. The summed E-state index contributed by atoms with van der Waals surface area (Å²) in [6.45, 7) is 0.801. The van der Waals surface area contributed by atoms with E-state index in [0.717, 1.165) is 12.5 Å². The molecule has 2 aromatic rings. The Labute approximate surface area is 106 Å². The number of pyridine rings is 1. The fraction of sp³-hybridized carbons (Fsp3) is 0.0714. The molecule has 1 atom stereocenters. The van der Waals surface area contributed by atoms with Crippen molar-refractivity contribution in [3.05, 3.63) is 73.5 Å². The smallest absolute Gasteiger partial charge is 0.181 e. The van der Waals surface area contributed by atoms with Gasteiger partial charge in [-0.1, -0.05) is 6.08 Å². The summed E-state index contributed by atoms with van der Waals surface area (Å²) >= 11 is 0. The standard InChI is InChI=1S/C14H14N4/c1-3-10-17(11-4-1)18(12-5-2-6-13-18)14-15-8-7-9-16-14/h1-12H,13H2/q+2. The van der Waals surface area contributed by atoms with Crippen molar-refractivity contribution < 1.29 is 4.68 Å². The van der Waals surface area contributed by atoms with E-state index in [4.69, 9.17) is 0 Å². The number of quaternary nitrogens is 1. The van der Waals surface area contributed by atoms with E-state index < -0.39 is 0 Å². The molecule has 0 aromatic carbocycles. The third kappa shape index (κ3) is 1.72. The fourth-order valence-electron chi connectivity index (χ4n) is 2.09. The average molecular weight is 238 g/mol. The van der Waals surface area contributed by atoms with Crippen LogP contribution in [0.1, 0.15) is 0 Å². The third-order valence-corrected chi connectivity index (χ3v) is 2.97. The molecule has 0 amide bonds. The van der Waals surface area contributed by atoms with E-state index in [1.165, 1.54) is 0 Å². The van der Waals surface area contributed by atoms with Gasteiger partial charge in [0.25, 0.3) is 0 Å². The molecule has 4 heteroatoms. The molecule has 0 saturated carbocycles. The molecule has 0 radical (unpaired) electrons. The molecule has 2 aromatic heterocycles. The molecule has 3 heterocycles. The number of hydrogen-bond acceptors (Lipinski definition) is 2. The monoisotopic (exact) mass is 238 g/mol. The van der Waals surface area contributed by atoms with Gasteiger partial charge in [-0.15, -0.1) is 0 Å². The van der Waals surface area contributed by atoms with Gasteiger partial charge in [-0.05, 0) is 33.6 Å². The van der Waals surface area contributed by atoms with Crippen LogP contribution in [-0.2, 0) is 0 Å². The minimum atomic E-state index is 0.457. The molecule has 0 spiro atoms. The first-order valence-corrected chi connectivity index (χ1v) is 5.89. The first-order valence-electron chi connectivity index (χ1n) is 5.89. The van der Waals surface area contributed by atoms with Gasteiger partial charge in [0.1, 0.15) is 0 Å². The average Bonchev–Trinajstić information content (AvgIpc) is 2.50. The maximum Gasteiger partial charge on any atom is 0.392 e. The summed E-state index contributed by atoms with van der Waals surface area (Å²) in [5.74, 6) is 0.759. The molecule has 1 unspecified atom stereocenters. The van der Waals surface area contributed by atoms with Gasteiger partial charge in [-0.25, -0.2) is 0 Å². The Morgan fingerprint density at radius 3 is 2.39 bits per heavy atom. The number of hydrogen-bond donors (Lipinski definition) is 0. The highest BCUT2D eigenvalue weighted by atomic mass is 15.7. The number of aromatic nitrogens is 3. The van der Waals surface area contributed by atoms with Crippen molar-refractivity contribution in [2.75, 3.05) is 6.54 Å². The molecular weight excluding hydrogens is 224 g/mol. The van der Waals surface area contributed by atoms with Gasteiger partial charge in [0.05, 0.1) is 0 Å². The van der Waals surface area contributed by atoms with Crippen LogP contribution in [0.15, 0.2) is 73.5 Å². The molecule has 1 aliphatic heterocycles. The number of nitrogens with zero attached hydrogens (tertiary/aromatic N) is 4. The van der Waals surface area contributed by atoms with Gasteiger partial charge in [0, 0.05) is 24.5 Å². The van der Waals surface area contributed by atoms with Crippen LogP contribution in [-0.4, -0.2) is 16.5 Å². The minimum Gasteiger partial charge on any atom is -0.181 e. The highest BCUT2D eigenvalue weighted by molar-refractivity contribution is 5.29. The molecule has 0 bridgehead atoms. The van der Waals surface area contributed by atoms with Crippen LogP contribution in [0.4, 0.5) is 5.95 Å². The summed E-state index contributed by atoms with van der Waals surface area (Å²) < 4.78 is 2.55. The first kappa shape index (κ1) is 10.8. The molecule has 4 nitrogen and oxygen atoms in total. The lowest BCUT2D eigenvalue weighted by Gasteiger charge is -2.23. The Hall–Kier alpha value is -2.33. The number of allylic oxidation sites excluding steroid dienone is 2. The van der Waals surface area contributed by atoms with Crippen molar-refractivity contribution in [3.8, 4) is 0 Å². The lowest BCUT2D eigenvalue weighted by molar-refractivity contribution is -0.797. The van der Waals surface area contributed by atoms with E-state index >= 15 is 0 Å². The molecule has 0 aliphatic carbocycles. The van der Waals surface area contributed by atoms with Crippen LogP contribution in [0.2, 0.25) is 0 Å². The van der Waals surface area contributed by atoms with Crippen LogP contribution >= 0.6 is 0 Å². The molecule has 0 saturated heterocycles. The van der Waals surface area contributed by atoms with E-state index in [1.807, 2.05) is 48.8 Å². The van der Waals surface area contributed by atoms with Crippen LogP contribution in [0.3, 0.4) is 0 Å². The summed E-state index contributed by atoms with van der Waals surface area (Å²) in [7, 11) is 0. The Bertz CT molecular complexity index is 536. The second kappa shape index (κ2) is 4.50. The zero-order valence-corrected chi connectivity index (χ0v) is 9.92. The zero-order valence-electron chi connectivity index (χ0n) is 9.92. The van der Waals surface area contributed by atoms with Crippen molar-refractivity contribution >= 4 is 5.95 Å². The summed E-state index contributed by atoms with van der Waals surface area (Å²) in [6, 6.07) is 7.85. The second-order valence-electron chi connectivity index (χ2n) is 4.08.